The Morgan fingerprint density at radius 3 is 2.44 bits per heavy atom. The van der Waals surface area contributed by atoms with Gasteiger partial charge >= 0.3 is 5.97 Å². The molecule has 168 valence electrons. The van der Waals surface area contributed by atoms with Crippen LogP contribution < -0.4 is 10.9 Å². The first-order chi connectivity index (χ1) is 15.1. The van der Waals surface area contributed by atoms with E-state index in [2.05, 4.69) is 29.3 Å². The van der Waals surface area contributed by atoms with Gasteiger partial charge in [-0.05, 0) is 61.7 Å². The lowest BCUT2D eigenvalue weighted by atomic mass is 10.1. The number of hydrogen-bond acceptors (Lipinski definition) is 5. The molecule has 0 fully saturated rings. The summed E-state index contributed by atoms with van der Waals surface area (Å²) in [6.07, 6.45) is 1.43. The second-order valence-corrected chi connectivity index (χ2v) is 7.59. The van der Waals surface area contributed by atoms with Crippen molar-refractivity contribution >= 4 is 23.9 Å². The predicted molar refractivity (Wildman–Crippen MR) is 115 cm³/mol. The molecule has 0 radical (unpaired) electrons. The zero-order valence-electron chi connectivity index (χ0n) is 18.4. The number of benzene rings is 1. The fourth-order valence-corrected chi connectivity index (χ4v) is 2.96. The topological polar surface area (TPSA) is 113 Å². The van der Waals surface area contributed by atoms with Crippen LogP contribution in [0.1, 0.15) is 41.2 Å². The number of esters is 1. The van der Waals surface area contributed by atoms with E-state index in [0.717, 1.165) is 30.1 Å². The quantitative estimate of drug-likeness (QED) is 0.298. The number of rotatable bonds is 7. The van der Waals surface area contributed by atoms with Crippen LogP contribution in [0.3, 0.4) is 0 Å². The summed E-state index contributed by atoms with van der Waals surface area (Å²) >= 11 is 0. The summed E-state index contributed by atoms with van der Waals surface area (Å²) < 4.78 is 19.9. The average Bonchev–Trinajstić information content (AvgIpc) is 3.01. The molecule has 8 nitrogen and oxygen atoms in total. The van der Waals surface area contributed by atoms with E-state index in [1.54, 1.807) is 6.07 Å². The van der Waals surface area contributed by atoms with E-state index in [-0.39, 0.29) is 11.1 Å². The first-order valence-electron chi connectivity index (χ1n) is 9.92. The van der Waals surface area contributed by atoms with Gasteiger partial charge < -0.3 is 9.30 Å². The van der Waals surface area contributed by atoms with E-state index in [1.165, 1.54) is 18.2 Å². The van der Waals surface area contributed by atoms with E-state index in [4.69, 9.17) is 4.74 Å². The minimum absolute atomic E-state index is 0.133. The maximum absolute atomic E-state index is 12.9. The van der Waals surface area contributed by atoms with Gasteiger partial charge in [0.15, 0.2) is 6.61 Å². The minimum atomic E-state index is -0.957. The fourth-order valence-electron chi connectivity index (χ4n) is 2.96. The highest BCUT2D eigenvalue weighted by molar-refractivity contribution is 5.99. The molecule has 1 heterocycles. The summed E-state index contributed by atoms with van der Waals surface area (Å²) in [7, 11) is 0. The number of halogens is 1. The summed E-state index contributed by atoms with van der Waals surface area (Å²) in [6, 6.07) is 8.38. The highest BCUT2D eigenvalue weighted by Crippen LogP contribution is 2.20. The second-order valence-electron chi connectivity index (χ2n) is 7.59. The molecule has 0 spiro atoms. The summed E-state index contributed by atoms with van der Waals surface area (Å²) in [5, 5.41) is 9.35. The number of amides is 2. The predicted octanol–water partition coefficient (Wildman–Crippen LogP) is 2.81. The van der Waals surface area contributed by atoms with E-state index >= 15 is 0 Å². The molecule has 2 N–H and O–H groups in total. The zero-order valence-corrected chi connectivity index (χ0v) is 18.4. The molecule has 0 saturated heterocycles. The van der Waals surface area contributed by atoms with Crippen molar-refractivity contribution in [3.8, 4) is 6.07 Å². The number of nitrogens with one attached hydrogen (secondary N) is 2. The van der Waals surface area contributed by atoms with Crippen LogP contribution >= 0.6 is 0 Å². The van der Waals surface area contributed by atoms with E-state index in [9.17, 15) is 24.0 Å². The summed E-state index contributed by atoms with van der Waals surface area (Å²) in [5.74, 6) is -2.50. The molecule has 0 bridgehead atoms. The second kappa shape index (κ2) is 10.9. The van der Waals surface area contributed by atoms with Crippen LogP contribution in [-0.2, 0) is 20.9 Å². The lowest BCUT2D eigenvalue weighted by molar-refractivity contribution is -0.144. The molecule has 2 aromatic rings. The van der Waals surface area contributed by atoms with Gasteiger partial charge in [0.2, 0.25) is 0 Å². The minimum Gasteiger partial charge on any atom is -0.451 e. The van der Waals surface area contributed by atoms with Crippen LogP contribution in [-0.4, -0.2) is 29.0 Å². The molecule has 0 unspecified atom stereocenters. The number of aryl methyl sites for hydroxylation is 1. The Morgan fingerprint density at radius 2 is 1.84 bits per heavy atom. The summed E-state index contributed by atoms with van der Waals surface area (Å²) in [6.45, 7) is 8.15. The number of aromatic nitrogens is 1. The maximum atomic E-state index is 12.9. The van der Waals surface area contributed by atoms with Gasteiger partial charge in [0.05, 0.1) is 0 Å². The normalized spacial score (nSPS) is 11.1. The molecule has 32 heavy (non-hydrogen) atoms. The molecular weight excluding hydrogens is 415 g/mol. The van der Waals surface area contributed by atoms with Crippen molar-refractivity contribution in [2.24, 2.45) is 5.92 Å². The Labute approximate surface area is 185 Å². The number of ether oxygens (including phenoxy) is 1. The van der Waals surface area contributed by atoms with Crippen LogP contribution in [0.25, 0.3) is 6.08 Å². The number of carbonyl (C=O) groups excluding carboxylic acids is 3. The highest BCUT2D eigenvalue weighted by Gasteiger charge is 2.16. The van der Waals surface area contributed by atoms with E-state index in [0.29, 0.717) is 11.5 Å². The average molecular weight is 440 g/mol. The van der Waals surface area contributed by atoms with Crippen LogP contribution in [0, 0.1) is 36.9 Å². The van der Waals surface area contributed by atoms with Crippen LogP contribution in [0.4, 0.5) is 4.39 Å². The monoisotopic (exact) mass is 440 g/mol. The van der Waals surface area contributed by atoms with E-state index < -0.39 is 30.2 Å². The lowest BCUT2D eigenvalue weighted by Gasteiger charge is -2.12. The fraction of sp³-hybridized carbons (Fsp3) is 0.304. The number of nitrogens with zero attached hydrogens (tertiary/aromatic N) is 2. The standard InChI is InChI=1S/C23H25FN4O4/c1-14(2)12-28-15(3)9-18(16(28)4)10-19(11-25)23(31)32-13-21(29)26-27-22(30)17-5-7-20(24)8-6-17/h5-10,14H,12-13H2,1-4H3,(H,26,29)(H,27,30)/b19-10-. The van der Waals surface area contributed by atoms with Crippen LogP contribution in [0.5, 0.6) is 0 Å². The van der Waals surface area contributed by atoms with Gasteiger partial charge in [-0.25, -0.2) is 9.18 Å². The molecule has 2 rings (SSSR count). The zero-order chi connectivity index (χ0) is 23.8. The van der Waals surface area contributed by atoms with Crippen LogP contribution in [0.2, 0.25) is 0 Å². The van der Waals surface area contributed by atoms with Gasteiger partial charge in [0.25, 0.3) is 11.8 Å². The van der Waals surface area contributed by atoms with Crippen molar-refractivity contribution in [1.82, 2.24) is 15.4 Å². The number of carbonyl (C=O) groups is 3. The lowest BCUT2D eigenvalue weighted by Crippen LogP contribution is -2.43. The van der Waals surface area contributed by atoms with Gasteiger partial charge in [0.1, 0.15) is 17.5 Å². The molecule has 0 saturated carbocycles. The Hall–Kier alpha value is -3.93. The SMILES string of the molecule is Cc1cc(/C=C(/C#N)C(=O)OCC(=O)NNC(=O)c2ccc(F)cc2)c(C)n1CC(C)C. The van der Waals surface area contributed by atoms with Gasteiger partial charge in [-0.3, -0.25) is 20.4 Å². The van der Waals surface area contributed by atoms with Crippen molar-refractivity contribution in [2.45, 2.75) is 34.2 Å². The van der Waals surface area contributed by atoms with Crippen molar-refractivity contribution in [2.75, 3.05) is 6.61 Å². The van der Waals surface area contributed by atoms with Crippen molar-refractivity contribution in [3.05, 3.63) is 64.2 Å². The molecule has 1 aromatic carbocycles. The molecule has 2 amide bonds. The summed E-state index contributed by atoms with van der Waals surface area (Å²) in [5.41, 5.74) is 6.72. The third-order valence-corrected chi connectivity index (χ3v) is 4.56. The number of nitriles is 1. The van der Waals surface area contributed by atoms with Crippen molar-refractivity contribution in [1.29, 1.82) is 5.26 Å². The molecular formula is C23H25FN4O4. The molecule has 9 heteroatoms. The molecule has 0 atom stereocenters. The number of hydrazine groups is 1. The maximum Gasteiger partial charge on any atom is 0.349 e. The van der Waals surface area contributed by atoms with Crippen LogP contribution in [0.15, 0.2) is 35.9 Å². The number of hydrogen-bond donors (Lipinski definition) is 2. The molecule has 0 aliphatic rings. The van der Waals surface area contributed by atoms with E-state index in [1.807, 2.05) is 19.9 Å². The molecule has 1 aromatic heterocycles. The summed E-state index contributed by atoms with van der Waals surface area (Å²) in [4.78, 5) is 35.9. The molecule has 0 aliphatic carbocycles. The first kappa shape index (κ1) is 24.3. The Bertz CT molecular complexity index is 1080. The van der Waals surface area contributed by atoms with Gasteiger partial charge in [-0.2, -0.15) is 5.26 Å². The third-order valence-electron chi connectivity index (χ3n) is 4.56. The smallest absolute Gasteiger partial charge is 0.349 e. The first-order valence-corrected chi connectivity index (χ1v) is 9.92. The third kappa shape index (κ3) is 6.54. The Balaban J connectivity index is 1.94. The van der Waals surface area contributed by atoms with Gasteiger partial charge in [-0.1, -0.05) is 13.8 Å². The van der Waals surface area contributed by atoms with Crippen molar-refractivity contribution < 1.29 is 23.5 Å². The van der Waals surface area contributed by atoms with Gasteiger partial charge in [-0.15, -0.1) is 0 Å². The Kier molecular flexibility index (Phi) is 8.30. The van der Waals surface area contributed by atoms with Gasteiger partial charge in [0, 0.05) is 23.5 Å². The van der Waals surface area contributed by atoms with Crippen molar-refractivity contribution in [3.63, 3.8) is 0 Å². The highest BCUT2D eigenvalue weighted by atomic mass is 19.1. The largest absolute Gasteiger partial charge is 0.451 e. The Morgan fingerprint density at radius 1 is 1.19 bits per heavy atom. The molecule has 0 aliphatic heterocycles.